The molecule has 0 unspecified atom stereocenters. The van der Waals surface area contributed by atoms with Gasteiger partial charge >= 0.3 is 0 Å². The minimum atomic E-state index is 0.0363. The molecular weight excluding hydrogens is 320 g/mol. The lowest BCUT2D eigenvalue weighted by Gasteiger charge is -2.21. The van der Waals surface area contributed by atoms with Gasteiger partial charge in [-0.3, -0.25) is 9.59 Å². The van der Waals surface area contributed by atoms with Gasteiger partial charge in [0, 0.05) is 36.7 Å². The van der Waals surface area contributed by atoms with Crippen LogP contribution in [0.4, 0.5) is 11.4 Å². The van der Waals surface area contributed by atoms with Crippen molar-refractivity contribution in [2.45, 2.75) is 32.6 Å². The average molecular weight is 342 g/mol. The zero-order chi connectivity index (χ0) is 17.6. The van der Waals surface area contributed by atoms with E-state index in [2.05, 4.69) is 5.32 Å². The van der Waals surface area contributed by atoms with Crippen LogP contribution in [0.1, 0.15) is 31.7 Å². The summed E-state index contributed by atoms with van der Waals surface area (Å²) in [5.41, 5.74) is 2.63. The molecular formula is C19H22N2O4. The van der Waals surface area contributed by atoms with Gasteiger partial charge in [-0.05, 0) is 31.9 Å². The van der Waals surface area contributed by atoms with Gasteiger partial charge in [-0.1, -0.05) is 6.07 Å². The highest BCUT2D eigenvalue weighted by molar-refractivity contribution is 5.94. The van der Waals surface area contributed by atoms with E-state index in [0.717, 1.165) is 22.7 Å². The maximum absolute atomic E-state index is 12.3. The molecule has 2 heterocycles. The number of nitrogens with one attached hydrogen (secondary N) is 1. The molecule has 0 aliphatic carbocycles. The van der Waals surface area contributed by atoms with Crippen molar-refractivity contribution in [3.8, 4) is 5.75 Å². The van der Waals surface area contributed by atoms with E-state index < -0.39 is 0 Å². The van der Waals surface area contributed by atoms with Gasteiger partial charge in [-0.15, -0.1) is 0 Å². The van der Waals surface area contributed by atoms with Crippen LogP contribution in [0, 0.1) is 0 Å². The minimum Gasteiger partial charge on any atom is -0.493 e. The average Bonchev–Trinajstić information content (AvgIpc) is 3.13. The highest BCUT2D eigenvalue weighted by Crippen LogP contribution is 2.31. The minimum absolute atomic E-state index is 0.0363. The second kappa shape index (κ2) is 7.88. The molecule has 25 heavy (non-hydrogen) atoms. The standard InChI is InChI=1S/C19H22N2O4/c1-2-21(14-10-12-24-13-14)19(23)7-4-11-25-17-6-3-5-16-15(17)8-9-18(22)20-16/h3,5-6,10,12-13H,2,4,7-9,11H2,1H3,(H,20,22). The Kier molecular flexibility index (Phi) is 5.38. The van der Waals surface area contributed by atoms with Crippen molar-refractivity contribution >= 4 is 23.2 Å². The molecule has 1 aromatic heterocycles. The predicted molar refractivity (Wildman–Crippen MR) is 94.9 cm³/mol. The molecule has 1 aliphatic heterocycles. The summed E-state index contributed by atoms with van der Waals surface area (Å²) in [6.45, 7) is 3.00. The molecule has 6 nitrogen and oxygen atoms in total. The second-order valence-electron chi connectivity index (χ2n) is 5.90. The van der Waals surface area contributed by atoms with Gasteiger partial charge in [0.05, 0.1) is 18.6 Å². The highest BCUT2D eigenvalue weighted by atomic mass is 16.5. The molecule has 132 valence electrons. The van der Waals surface area contributed by atoms with E-state index in [1.165, 1.54) is 0 Å². The fourth-order valence-electron chi connectivity index (χ4n) is 2.98. The lowest BCUT2D eigenvalue weighted by atomic mass is 10.0. The summed E-state index contributed by atoms with van der Waals surface area (Å²) >= 11 is 0. The second-order valence-corrected chi connectivity index (χ2v) is 5.90. The van der Waals surface area contributed by atoms with Crippen LogP contribution in [0.3, 0.4) is 0 Å². The number of nitrogens with zero attached hydrogens (tertiary/aromatic N) is 1. The lowest BCUT2D eigenvalue weighted by Crippen LogP contribution is -2.30. The van der Waals surface area contributed by atoms with E-state index in [1.54, 1.807) is 23.5 Å². The molecule has 1 aliphatic rings. The molecule has 6 heteroatoms. The van der Waals surface area contributed by atoms with Crippen LogP contribution in [0.5, 0.6) is 5.75 Å². The topological polar surface area (TPSA) is 71.8 Å². The molecule has 0 atom stereocenters. The van der Waals surface area contributed by atoms with E-state index in [9.17, 15) is 9.59 Å². The molecule has 0 fully saturated rings. The van der Waals surface area contributed by atoms with E-state index in [1.807, 2.05) is 25.1 Å². The Bertz CT molecular complexity index is 740. The summed E-state index contributed by atoms with van der Waals surface area (Å²) in [5, 5.41) is 2.86. The molecule has 0 saturated heterocycles. The number of rotatable bonds is 7. The number of hydrogen-bond donors (Lipinski definition) is 1. The van der Waals surface area contributed by atoms with Gasteiger partial charge in [-0.2, -0.15) is 0 Å². The zero-order valence-electron chi connectivity index (χ0n) is 14.3. The van der Waals surface area contributed by atoms with Gasteiger partial charge < -0.3 is 19.4 Å². The van der Waals surface area contributed by atoms with Gasteiger partial charge in [0.2, 0.25) is 11.8 Å². The summed E-state index contributed by atoms with van der Waals surface area (Å²) in [4.78, 5) is 25.5. The number of hydrogen-bond acceptors (Lipinski definition) is 4. The Morgan fingerprint density at radius 2 is 2.20 bits per heavy atom. The molecule has 0 saturated carbocycles. The third-order valence-corrected chi connectivity index (χ3v) is 4.24. The van der Waals surface area contributed by atoms with E-state index >= 15 is 0 Å². The van der Waals surface area contributed by atoms with Crippen LogP contribution in [0.15, 0.2) is 41.2 Å². The Labute approximate surface area is 146 Å². The van der Waals surface area contributed by atoms with Crippen LogP contribution in [0.25, 0.3) is 0 Å². The highest BCUT2D eigenvalue weighted by Gasteiger charge is 2.18. The Hall–Kier alpha value is -2.76. The van der Waals surface area contributed by atoms with Crippen molar-refractivity contribution in [2.24, 2.45) is 0 Å². The third-order valence-electron chi connectivity index (χ3n) is 4.24. The third kappa shape index (κ3) is 4.02. The van der Waals surface area contributed by atoms with Crippen LogP contribution in [-0.2, 0) is 16.0 Å². The lowest BCUT2D eigenvalue weighted by molar-refractivity contribution is -0.119. The normalized spacial score (nSPS) is 13.1. The van der Waals surface area contributed by atoms with Gasteiger partial charge in [0.15, 0.2) is 0 Å². The molecule has 1 aromatic carbocycles. The van der Waals surface area contributed by atoms with E-state index in [0.29, 0.717) is 38.8 Å². The number of fused-ring (bicyclic) bond motifs is 1. The largest absolute Gasteiger partial charge is 0.493 e. The number of benzene rings is 1. The first-order chi connectivity index (χ1) is 12.2. The van der Waals surface area contributed by atoms with Crippen molar-refractivity contribution in [3.63, 3.8) is 0 Å². The number of amides is 2. The maximum atomic E-state index is 12.3. The van der Waals surface area contributed by atoms with E-state index in [4.69, 9.17) is 9.15 Å². The van der Waals surface area contributed by atoms with Crippen LogP contribution >= 0.6 is 0 Å². The molecule has 2 aromatic rings. The molecule has 2 amide bonds. The SMILES string of the molecule is CCN(C(=O)CCCOc1cccc2c1CCC(=O)N2)c1ccoc1. The first kappa shape index (κ1) is 17.1. The summed E-state index contributed by atoms with van der Waals surface area (Å²) in [7, 11) is 0. The fourth-order valence-corrected chi connectivity index (χ4v) is 2.98. The van der Waals surface area contributed by atoms with Crippen molar-refractivity contribution < 1.29 is 18.7 Å². The van der Waals surface area contributed by atoms with Crippen LogP contribution in [-0.4, -0.2) is 25.0 Å². The predicted octanol–water partition coefficient (Wildman–Crippen LogP) is 3.38. The van der Waals surface area contributed by atoms with Crippen molar-refractivity contribution in [3.05, 3.63) is 42.4 Å². The maximum Gasteiger partial charge on any atom is 0.227 e. The van der Waals surface area contributed by atoms with Crippen molar-refractivity contribution in [2.75, 3.05) is 23.4 Å². The summed E-state index contributed by atoms with van der Waals surface area (Å²) < 4.78 is 10.9. The zero-order valence-corrected chi connectivity index (χ0v) is 14.3. The van der Waals surface area contributed by atoms with Crippen molar-refractivity contribution in [1.82, 2.24) is 0 Å². The fraction of sp³-hybridized carbons (Fsp3) is 0.368. The first-order valence-corrected chi connectivity index (χ1v) is 8.56. The first-order valence-electron chi connectivity index (χ1n) is 8.56. The molecule has 3 rings (SSSR count). The van der Waals surface area contributed by atoms with E-state index in [-0.39, 0.29) is 11.8 Å². The number of ether oxygens (including phenoxy) is 1. The number of carbonyl (C=O) groups excluding carboxylic acids is 2. The Balaban J connectivity index is 1.51. The van der Waals surface area contributed by atoms with Crippen LogP contribution in [0.2, 0.25) is 0 Å². The van der Waals surface area contributed by atoms with Crippen molar-refractivity contribution in [1.29, 1.82) is 0 Å². The number of carbonyl (C=O) groups is 2. The van der Waals surface area contributed by atoms with Gasteiger partial charge in [0.1, 0.15) is 12.0 Å². The smallest absolute Gasteiger partial charge is 0.227 e. The Morgan fingerprint density at radius 1 is 1.32 bits per heavy atom. The summed E-state index contributed by atoms with van der Waals surface area (Å²) in [6, 6.07) is 7.43. The summed E-state index contributed by atoms with van der Waals surface area (Å²) in [5.74, 6) is 0.871. The molecule has 1 N–H and O–H groups in total. The number of anilines is 2. The van der Waals surface area contributed by atoms with Crippen LogP contribution < -0.4 is 15.0 Å². The summed E-state index contributed by atoms with van der Waals surface area (Å²) in [6.07, 6.45) is 5.32. The Morgan fingerprint density at radius 3 is 2.96 bits per heavy atom. The molecule has 0 bridgehead atoms. The quantitative estimate of drug-likeness (QED) is 0.783. The van der Waals surface area contributed by atoms with Gasteiger partial charge in [-0.25, -0.2) is 0 Å². The van der Waals surface area contributed by atoms with Gasteiger partial charge in [0.25, 0.3) is 0 Å². The number of furan rings is 1. The monoisotopic (exact) mass is 342 g/mol. The molecule has 0 radical (unpaired) electrons. The molecule has 0 spiro atoms.